The van der Waals surface area contributed by atoms with E-state index in [1.54, 1.807) is 6.07 Å². The number of nitriles is 1. The quantitative estimate of drug-likeness (QED) is 0.659. The molecular formula is C16H11N3. The molecule has 0 saturated heterocycles. The minimum Gasteiger partial charge on any atom is -0.254 e. The summed E-state index contributed by atoms with van der Waals surface area (Å²) >= 11 is 0. The van der Waals surface area contributed by atoms with Crippen molar-refractivity contribution in [3.63, 3.8) is 0 Å². The Morgan fingerprint density at radius 3 is 2.58 bits per heavy atom. The van der Waals surface area contributed by atoms with Crippen LogP contribution in [-0.2, 0) is 0 Å². The Hall–Kier alpha value is -2.73. The SMILES string of the molecule is Cc1ccc(-c2ccc3cc(C#N)ccc3n2)nc1. The predicted octanol–water partition coefficient (Wildman–Crippen LogP) is 3.48. The first-order valence-electron chi connectivity index (χ1n) is 6.00. The number of hydrogen-bond donors (Lipinski definition) is 0. The average Bonchev–Trinajstić information content (AvgIpc) is 2.47. The van der Waals surface area contributed by atoms with Gasteiger partial charge < -0.3 is 0 Å². The summed E-state index contributed by atoms with van der Waals surface area (Å²) in [6.07, 6.45) is 1.83. The monoisotopic (exact) mass is 245 g/mol. The van der Waals surface area contributed by atoms with Crippen molar-refractivity contribution >= 4 is 10.9 Å². The van der Waals surface area contributed by atoms with E-state index in [1.165, 1.54) is 0 Å². The molecule has 0 radical (unpaired) electrons. The van der Waals surface area contributed by atoms with E-state index in [0.29, 0.717) is 5.56 Å². The van der Waals surface area contributed by atoms with Crippen molar-refractivity contribution in [2.75, 3.05) is 0 Å². The van der Waals surface area contributed by atoms with Gasteiger partial charge in [0.25, 0.3) is 0 Å². The van der Waals surface area contributed by atoms with E-state index in [2.05, 4.69) is 16.0 Å². The zero-order valence-corrected chi connectivity index (χ0v) is 10.5. The Labute approximate surface area is 111 Å². The summed E-state index contributed by atoms with van der Waals surface area (Å²) in [7, 11) is 0. The molecule has 0 bridgehead atoms. The van der Waals surface area contributed by atoms with Crippen LogP contribution in [0.2, 0.25) is 0 Å². The van der Waals surface area contributed by atoms with Crippen LogP contribution < -0.4 is 0 Å². The molecular weight excluding hydrogens is 234 g/mol. The lowest BCUT2D eigenvalue weighted by atomic mass is 10.1. The van der Waals surface area contributed by atoms with Crippen molar-refractivity contribution in [2.24, 2.45) is 0 Å². The van der Waals surface area contributed by atoms with Gasteiger partial charge in [-0.05, 0) is 42.8 Å². The van der Waals surface area contributed by atoms with Crippen molar-refractivity contribution in [1.29, 1.82) is 5.26 Å². The molecule has 0 aliphatic rings. The molecule has 0 amide bonds. The normalized spacial score (nSPS) is 10.3. The molecule has 3 heteroatoms. The van der Waals surface area contributed by atoms with Gasteiger partial charge in [-0.15, -0.1) is 0 Å². The van der Waals surface area contributed by atoms with Crippen molar-refractivity contribution in [3.8, 4) is 17.5 Å². The molecule has 0 aliphatic heterocycles. The van der Waals surface area contributed by atoms with E-state index in [-0.39, 0.29) is 0 Å². The van der Waals surface area contributed by atoms with Crippen LogP contribution in [0.5, 0.6) is 0 Å². The van der Waals surface area contributed by atoms with Crippen LogP contribution in [0.25, 0.3) is 22.3 Å². The molecule has 0 N–H and O–H groups in total. The lowest BCUT2D eigenvalue weighted by Gasteiger charge is -2.03. The first kappa shape index (κ1) is 11.4. The van der Waals surface area contributed by atoms with Gasteiger partial charge in [0, 0.05) is 11.6 Å². The zero-order chi connectivity index (χ0) is 13.2. The lowest BCUT2D eigenvalue weighted by Crippen LogP contribution is -1.89. The maximum atomic E-state index is 8.88. The third-order valence-electron chi connectivity index (χ3n) is 2.99. The second-order valence-electron chi connectivity index (χ2n) is 4.44. The molecule has 1 aromatic carbocycles. The molecule has 3 rings (SSSR count). The summed E-state index contributed by atoms with van der Waals surface area (Å²) in [5.74, 6) is 0. The van der Waals surface area contributed by atoms with Gasteiger partial charge in [0.15, 0.2) is 0 Å². The van der Waals surface area contributed by atoms with Crippen LogP contribution in [0.15, 0.2) is 48.7 Å². The highest BCUT2D eigenvalue weighted by Crippen LogP contribution is 2.20. The number of aromatic nitrogens is 2. The number of rotatable bonds is 1. The van der Waals surface area contributed by atoms with Crippen molar-refractivity contribution in [1.82, 2.24) is 9.97 Å². The van der Waals surface area contributed by atoms with Gasteiger partial charge in [0.2, 0.25) is 0 Å². The number of nitrogens with zero attached hydrogens (tertiary/aromatic N) is 3. The van der Waals surface area contributed by atoms with E-state index in [1.807, 2.05) is 49.5 Å². The Morgan fingerprint density at radius 2 is 1.84 bits per heavy atom. The van der Waals surface area contributed by atoms with Gasteiger partial charge in [0.05, 0.1) is 28.5 Å². The molecule has 0 fully saturated rings. The Kier molecular flexibility index (Phi) is 2.70. The maximum absolute atomic E-state index is 8.88. The summed E-state index contributed by atoms with van der Waals surface area (Å²) in [5, 5.41) is 9.84. The second kappa shape index (κ2) is 4.51. The van der Waals surface area contributed by atoms with E-state index in [0.717, 1.165) is 27.9 Å². The van der Waals surface area contributed by atoms with Crippen molar-refractivity contribution < 1.29 is 0 Å². The average molecular weight is 245 g/mol. The van der Waals surface area contributed by atoms with Crippen molar-refractivity contribution in [2.45, 2.75) is 6.92 Å². The zero-order valence-electron chi connectivity index (χ0n) is 10.5. The lowest BCUT2D eigenvalue weighted by molar-refractivity contribution is 1.24. The summed E-state index contributed by atoms with van der Waals surface area (Å²) in [4.78, 5) is 8.95. The van der Waals surface area contributed by atoms with Gasteiger partial charge in [0.1, 0.15) is 0 Å². The smallest absolute Gasteiger partial charge is 0.0991 e. The molecule has 19 heavy (non-hydrogen) atoms. The number of fused-ring (bicyclic) bond motifs is 1. The van der Waals surface area contributed by atoms with Crippen LogP contribution >= 0.6 is 0 Å². The van der Waals surface area contributed by atoms with E-state index in [4.69, 9.17) is 5.26 Å². The first-order valence-corrected chi connectivity index (χ1v) is 6.00. The van der Waals surface area contributed by atoms with Crippen LogP contribution in [0.4, 0.5) is 0 Å². The van der Waals surface area contributed by atoms with Gasteiger partial charge in [-0.25, -0.2) is 4.98 Å². The molecule has 2 heterocycles. The van der Waals surface area contributed by atoms with E-state index >= 15 is 0 Å². The standard InChI is InChI=1S/C16H11N3/c1-11-2-5-15(18-10-11)16-7-4-13-8-12(9-17)3-6-14(13)19-16/h2-8,10H,1H3. The maximum Gasteiger partial charge on any atom is 0.0991 e. The second-order valence-corrected chi connectivity index (χ2v) is 4.44. The minimum absolute atomic E-state index is 0.649. The highest BCUT2D eigenvalue weighted by Gasteiger charge is 2.03. The summed E-state index contributed by atoms with van der Waals surface area (Å²) in [5.41, 5.74) is 4.35. The number of pyridine rings is 2. The summed E-state index contributed by atoms with van der Waals surface area (Å²) in [6, 6.07) is 15.5. The molecule has 0 atom stereocenters. The molecule has 0 spiro atoms. The highest BCUT2D eigenvalue weighted by molar-refractivity contribution is 5.82. The van der Waals surface area contributed by atoms with E-state index in [9.17, 15) is 0 Å². The molecule has 3 aromatic rings. The van der Waals surface area contributed by atoms with Gasteiger partial charge in [-0.1, -0.05) is 12.1 Å². The first-order chi connectivity index (χ1) is 9.26. The third-order valence-corrected chi connectivity index (χ3v) is 2.99. The number of benzene rings is 1. The summed E-state index contributed by atoms with van der Waals surface area (Å²) in [6.45, 7) is 2.01. The fraction of sp³-hybridized carbons (Fsp3) is 0.0625. The van der Waals surface area contributed by atoms with E-state index < -0.39 is 0 Å². The van der Waals surface area contributed by atoms with Crippen LogP contribution in [-0.4, -0.2) is 9.97 Å². The largest absolute Gasteiger partial charge is 0.254 e. The minimum atomic E-state index is 0.649. The fourth-order valence-corrected chi connectivity index (χ4v) is 1.96. The third kappa shape index (κ3) is 2.16. The molecule has 2 aromatic heterocycles. The topological polar surface area (TPSA) is 49.6 Å². The Bertz CT molecular complexity index is 783. The highest BCUT2D eigenvalue weighted by atomic mass is 14.8. The molecule has 0 aliphatic carbocycles. The van der Waals surface area contributed by atoms with Crippen LogP contribution in [0.1, 0.15) is 11.1 Å². The van der Waals surface area contributed by atoms with Gasteiger partial charge in [-0.2, -0.15) is 5.26 Å². The summed E-state index contributed by atoms with van der Waals surface area (Å²) < 4.78 is 0. The van der Waals surface area contributed by atoms with Crippen LogP contribution in [0.3, 0.4) is 0 Å². The van der Waals surface area contributed by atoms with Crippen molar-refractivity contribution in [3.05, 3.63) is 59.8 Å². The van der Waals surface area contributed by atoms with Crippen LogP contribution in [0, 0.1) is 18.3 Å². The van der Waals surface area contributed by atoms with Gasteiger partial charge >= 0.3 is 0 Å². The Balaban J connectivity index is 2.12. The van der Waals surface area contributed by atoms with Gasteiger partial charge in [-0.3, -0.25) is 4.98 Å². The Morgan fingerprint density at radius 1 is 1.00 bits per heavy atom. The molecule has 0 saturated carbocycles. The molecule has 0 unspecified atom stereocenters. The number of hydrogen-bond acceptors (Lipinski definition) is 3. The molecule has 3 nitrogen and oxygen atoms in total. The molecule has 90 valence electrons. The number of aryl methyl sites for hydroxylation is 1. The fourth-order valence-electron chi connectivity index (χ4n) is 1.96. The predicted molar refractivity (Wildman–Crippen MR) is 74.4 cm³/mol.